The second-order valence-corrected chi connectivity index (χ2v) is 8.21. The Morgan fingerprint density at radius 3 is 1.92 bits per heavy atom. The van der Waals surface area contributed by atoms with E-state index in [-0.39, 0.29) is 11.4 Å². The summed E-state index contributed by atoms with van der Waals surface area (Å²) in [5.74, 6) is 1.42. The summed E-state index contributed by atoms with van der Waals surface area (Å²) in [5, 5.41) is 0. The fourth-order valence-corrected chi connectivity index (χ4v) is 3.78. The molecular formula is C17H20BrNO5S. The Hall–Kier alpha value is -1.77. The molecule has 0 saturated carbocycles. The van der Waals surface area contributed by atoms with Crippen molar-refractivity contribution >= 4 is 26.0 Å². The highest BCUT2D eigenvalue weighted by atomic mass is 79.9. The number of ether oxygens (including phenoxy) is 3. The number of hydrogen-bond donors (Lipinski definition) is 0. The highest BCUT2D eigenvalue weighted by Crippen LogP contribution is 2.38. The lowest BCUT2D eigenvalue weighted by Gasteiger charge is -2.19. The van der Waals surface area contributed by atoms with E-state index in [1.807, 2.05) is 0 Å². The Bertz CT molecular complexity index is 812. The van der Waals surface area contributed by atoms with Crippen molar-refractivity contribution in [3.63, 3.8) is 0 Å². The van der Waals surface area contributed by atoms with Gasteiger partial charge >= 0.3 is 0 Å². The minimum absolute atomic E-state index is 0.162. The maximum Gasteiger partial charge on any atom is 0.243 e. The lowest BCUT2D eigenvalue weighted by atomic mass is 10.2. The van der Waals surface area contributed by atoms with Crippen LogP contribution in [0.15, 0.2) is 45.8 Å². The molecule has 0 amide bonds. The van der Waals surface area contributed by atoms with Crippen LogP contribution in [0.2, 0.25) is 0 Å². The summed E-state index contributed by atoms with van der Waals surface area (Å²) < 4.78 is 43.4. The van der Waals surface area contributed by atoms with E-state index in [2.05, 4.69) is 15.9 Å². The molecule has 2 rings (SSSR count). The molecule has 0 spiro atoms. The SMILES string of the molecule is COc1cc(CN(C)S(=O)(=O)c2ccc(Br)cc2)cc(OC)c1OC. The van der Waals surface area contributed by atoms with Gasteiger partial charge in [-0.15, -0.1) is 0 Å². The first-order valence-electron chi connectivity index (χ1n) is 7.34. The van der Waals surface area contributed by atoms with Crippen LogP contribution in [0.4, 0.5) is 0 Å². The molecule has 0 aromatic heterocycles. The van der Waals surface area contributed by atoms with Gasteiger partial charge in [-0.3, -0.25) is 0 Å². The summed E-state index contributed by atoms with van der Waals surface area (Å²) in [6.07, 6.45) is 0. The van der Waals surface area contributed by atoms with Crippen molar-refractivity contribution < 1.29 is 22.6 Å². The van der Waals surface area contributed by atoms with Crippen LogP contribution in [0.1, 0.15) is 5.56 Å². The minimum Gasteiger partial charge on any atom is -0.493 e. The standard InChI is InChI=1S/C17H20BrNO5S/c1-19(25(20,21)14-7-5-13(18)6-8-14)11-12-9-15(22-2)17(24-4)16(10-12)23-3/h5-10H,11H2,1-4H3. The Morgan fingerprint density at radius 2 is 1.48 bits per heavy atom. The Labute approximate surface area is 156 Å². The largest absolute Gasteiger partial charge is 0.493 e. The van der Waals surface area contributed by atoms with Gasteiger partial charge < -0.3 is 14.2 Å². The van der Waals surface area contributed by atoms with Gasteiger partial charge in [0.1, 0.15) is 0 Å². The molecule has 136 valence electrons. The Kier molecular flexibility index (Phi) is 6.31. The second-order valence-electron chi connectivity index (χ2n) is 5.25. The molecule has 0 N–H and O–H groups in total. The van der Waals surface area contributed by atoms with Gasteiger partial charge in [-0.25, -0.2) is 8.42 Å². The summed E-state index contributed by atoms with van der Waals surface area (Å²) in [6.45, 7) is 0.162. The Balaban J connectivity index is 2.33. The zero-order valence-electron chi connectivity index (χ0n) is 14.4. The molecule has 6 nitrogen and oxygen atoms in total. The molecule has 2 aromatic carbocycles. The van der Waals surface area contributed by atoms with Crippen LogP contribution in [0.5, 0.6) is 17.2 Å². The zero-order chi connectivity index (χ0) is 18.6. The van der Waals surface area contributed by atoms with Crippen molar-refractivity contribution in [2.75, 3.05) is 28.4 Å². The predicted octanol–water partition coefficient (Wildman–Crippen LogP) is 3.30. The van der Waals surface area contributed by atoms with Gasteiger partial charge in [0.2, 0.25) is 15.8 Å². The van der Waals surface area contributed by atoms with Crippen molar-refractivity contribution in [2.45, 2.75) is 11.4 Å². The molecule has 25 heavy (non-hydrogen) atoms. The van der Waals surface area contributed by atoms with E-state index < -0.39 is 10.0 Å². The third-order valence-corrected chi connectivity index (χ3v) is 6.00. The Morgan fingerprint density at radius 1 is 0.960 bits per heavy atom. The number of rotatable bonds is 7. The average Bonchev–Trinajstić information content (AvgIpc) is 2.61. The van der Waals surface area contributed by atoms with E-state index in [1.165, 1.54) is 32.7 Å². The predicted molar refractivity (Wildman–Crippen MR) is 98.9 cm³/mol. The average molecular weight is 430 g/mol. The van der Waals surface area contributed by atoms with Crippen molar-refractivity contribution in [1.29, 1.82) is 0 Å². The van der Waals surface area contributed by atoms with E-state index in [4.69, 9.17) is 14.2 Å². The summed E-state index contributed by atoms with van der Waals surface area (Å²) >= 11 is 3.30. The fraction of sp³-hybridized carbons (Fsp3) is 0.294. The van der Waals surface area contributed by atoms with Crippen LogP contribution in [-0.2, 0) is 16.6 Å². The molecule has 0 aliphatic rings. The van der Waals surface area contributed by atoms with Crippen molar-refractivity contribution in [3.8, 4) is 17.2 Å². The lowest BCUT2D eigenvalue weighted by molar-refractivity contribution is 0.323. The van der Waals surface area contributed by atoms with Crippen LogP contribution >= 0.6 is 15.9 Å². The maximum absolute atomic E-state index is 12.7. The molecule has 0 saturated heterocycles. The molecular weight excluding hydrogens is 410 g/mol. The van der Waals surface area contributed by atoms with Crippen LogP contribution < -0.4 is 14.2 Å². The van der Waals surface area contributed by atoms with Gasteiger partial charge in [0.15, 0.2) is 11.5 Å². The molecule has 0 atom stereocenters. The first kappa shape index (κ1) is 19.6. The molecule has 0 heterocycles. The first-order valence-corrected chi connectivity index (χ1v) is 9.57. The van der Waals surface area contributed by atoms with Crippen molar-refractivity contribution in [3.05, 3.63) is 46.4 Å². The van der Waals surface area contributed by atoms with Gasteiger partial charge in [-0.2, -0.15) is 4.31 Å². The summed E-state index contributed by atoms with van der Waals surface area (Å²) in [5.41, 5.74) is 0.720. The van der Waals surface area contributed by atoms with Gasteiger partial charge in [0.25, 0.3) is 0 Å². The third kappa shape index (κ3) is 4.26. The molecule has 8 heteroatoms. The number of halogens is 1. The van der Waals surface area contributed by atoms with Crippen LogP contribution in [-0.4, -0.2) is 41.1 Å². The van der Waals surface area contributed by atoms with Crippen LogP contribution in [0.25, 0.3) is 0 Å². The summed E-state index contributed by atoms with van der Waals surface area (Å²) in [4.78, 5) is 0.227. The van der Waals surface area contributed by atoms with E-state index in [0.717, 1.165) is 10.0 Å². The van der Waals surface area contributed by atoms with E-state index in [0.29, 0.717) is 17.2 Å². The zero-order valence-corrected chi connectivity index (χ0v) is 16.8. The van der Waals surface area contributed by atoms with Crippen LogP contribution in [0.3, 0.4) is 0 Å². The van der Waals surface area contributed by atoms with Crippen LogP contribution in [0, 0.1) is 0 Å². The number of nitrogens with zero attached hydrogens (tertiary/aromatic N) is 1. The molecule has 0 aliphatic heterocycles. The molecule has 0 radical (unpaired) electrons. The second kappa shape index (κ2) is 8.07. The van der Waals surface area contributed by atoms with Gasteiger partial charge in [-0.05, 0) is 42.0 Å². The van der Waals surface area contributed by atoms with Crippen molar-refractivity contribution in [2.24, 2.45) is 0 Å². The topological polar surface area (TPSA) is 65.1 Å². The highest BCUT2D eigenvalue weighted by molar-refractivity contribution is 9.10. The molecule has 2 aromatic rings. The highest BCUT2D eigenvalue weighted by Gasteiger charge is 2.22. The minimum atomic E-state index is -3.61. The van der Waals surface area contributed by atoms with Crippen molar-refractivity contribution in [1.82, 2.24) is 4.31 Å². The van der Waals surface area contributed by atoms with Gasteiger partial charge in [-0.1, -0.05) is 15.9 Å². The number of methoxy groups -OCH3 is 3. The van der Waals surface area contributed by atoms with E-state index >= 15 is 0 Å². The molecule has 0 fully saturated rings. The molecule has 0 aliphatic carbocycles. The monoisotopic (exact) mass is 429 g/mol. The van der Waals surface area contributed by atoms with E-state index in [1.54, 1.807) is 36.4 Å². The fourth-order valence-electron chi connectivity index (χ4n) is 2.36. The van der Waals surface area contributed by atoms with Gasteiger partial charge in [0, 0.05) is 18.1 Å². The lowest BCUT2D eigenvalue weighted by Crippen LogP contribution is -2.26. The third-order valence-electron chi connectivity index (χ3n) is 3.65. The smallest absolute Gasteiger partial charge is 0.243 e. The van der Waals surface area contributed by atoms with Gasteiger partial charge in [0.05, 0.1) is 26.2 Å². The number of sulfonamides is 1. The number of benzene rings is 2. The normalized spacial score (nSPS) is 11.4. The number of hydrogen-bond acceptors (Lipinski definition) is 5. The first-order chi connectivity index (χ1) is 11.8. The summed E-state index contributed by atoms with van der Waals surface area (Å²) in [6, 6.07) is 9.97. The molecule has 0 unspecified atom stereocenters. The quantitative estimate of drug-likeness (QED) is 0.675. The maximum atomic E-state index is 12.7. The van der Waals surface area contributed by atoms with E-state index in [9.17, 15) is 8.42 Å². The molecule has 0 bridgehead atoms. The summed E-state index contributed by atoms with van der Waals surface area (Å²) in [7, 11) is 2.47.